The van der Waals surface area contributed by atoms with Crippen molar-refractivity contribution in [3.05, 3.63) is 0 Å². The highest BCUT2D eigenvalue weighted by Gasteiger charge is 2.42. The van der Waals surface area contributed by atoms with Crippen molar-refractivity contribution in [3.63, 3.8) is 0 Å². The maximum atomic E-state index is 12.7. The van der Waals surface area contributed by atoms with Crippen LogP contribution in [-0.2, 0) is 9.59 Å². The summed E-state index contributed by atoms with van der Waals surface area (Å²) in [5, 5.41) is 9.32. The molecule has 6 heteroatoms. The van der Waals surface area contributed by atoms with E-state index in [9.17, 15) is 14.7 Å². The predicted molar refractivity (Wildman–Crippen MR) is 86.1 cm³/mol. The summed E-state index contributed by atoms with van der Waals surface area (Å²) in [6.45, 7) is 3.18. The summed E-state index contributed by atoms with van der Waals surface area (Å²) in [7, 11) is 0. The van der Waals surface area contributed by atoms with Gasteiger partial charge in [-0.3, -0.25) is 14.5 Å². The molecule has 0 aromatic rings. The van der Waals surface area contributed by atoms with Gasteiger partial charge in [-0.25, -0.2) is 0 Å². The third-order valence-corrected chi connectivity index (χ3v) is 5.21. The zero-order valence-corrected chi connectivity index (χ0v) is 14.1. The van der Waals surface area contributed by atoms with Gasteiger partial charge in [0, 0.05) is 12.1 Å². The molecule has 3 aliphatic rings. The first-order valence-corrected chi connectivity index (χ1v) is 8.36. The number of nitrogens with zero attached hydrogens (tertiary/aromatic N) is 2. The average Bonchev–Trinajstić information content (AvgIpc) is 3.31. The second-order valence-electron chi connectivity index (χ2n) is 6.93. The van der Waals surface area contributed by atoms with E-state index < -0.39 is 12.0 Å². The monoisotopic (exact) mass is 330 g/mol. The van der Waals surface area contributed by atoms with E-state index >= 15 is 0 Å². The van der Waals surface area contributed by atoms with Gasteiger partial charge in [-0.05, 0) is 57.9 Å². The number of hydrogen-bond donors (Lipinski definition) is 1. The summed E-state index contributed by atoms with van der Waals surface area (Å²) < 4.78 is 0. The Labute approximate surface area is 138 Å². The summed E-state index contributed by atoms with van der Waals surface area (Å²) in [5.41, 5.74) is 0. The lowest BCUT2D eigenvalue weighted by Crippen LogP contribution is -2.52. The van der Waals surface area contributed by atoms with Gasteiger partial charge in [-0.2, -0.15) is 0 Å². The van der Waals surface area contributed by atoms with E-state index in [2.05, 4.69) is 11.8 Å². The maximum absolute atomic E-state index is 12.7. The van der Waals surface area contributed by atoms with Crippen LogP contribution in [0.3, 0.4) is 0 Å². The molecule has 0 aromatic heterocycles. The van der Waals surface area contributed by atoms with E-state index in [1.165, 1.54) is 12.8 Å². The molecule has 0 aromatic carbocycles. The van der Waals surface area contributed by atoms with Crippen molar-refractivity contribution in [1.29, 1.82) is 0 Å². The Balaban J connectivity index is 0.00000176. The Morgan fingerprint density at radius 2 is 1.86 bits per heavy atom. The number of aliphatic carboxylic acids is 1. The SMILES string of the molecule is CC(C1CC1)N(C(=O)CN1CCCCC1C(=O)O)C1CC1.Cl. The fourth-order valence-corrected chi connectivity index (χ4v) is 3.64. The molecule has 2 unspecified atom stereocenters. The van der Waals surface area contributed by atoms with Crippen molar-refractivity contribution >= 4 is 24.3 Å². The zero-order valence-electron chi connectivity index (χ0n) is 13.2. The number of halogens is 1. The first-order chi connectivity index (χ1) is 10.1. The number of amides is 1. The lowest BCUT2D eigenvalue weighted by molar-refractivity contribution is -0.146. The molecule has 2 saturated carbocycles. The summed E-state index contributed by atoms with van der Waals surface area (Å²) in [4.78, 5) is 28.0. The highest BCUT2D eigenvalue weighted by atomic mass is 35.5. The third kappa shape index (κ3) is 3.93. The van der Waals surface area contributed by atoms with Crippen LogP contribution in [0.1, 0.15) is 51.9 Å². The summed E-state index contributed by atoms with van der Waals surface area (Å²) in [6.07, 6.45) is 7.32. The van der Waals surface area contributed by atoms with Crippen LogP contribution in [0, 0.1) is 5.92 Å². The lowest BCUT2D eigenvalue weighted by Gasteiger charge is -2.36. The fraction of sp³-hybridized carbons (Fsp3) is 0.875. The second kappa shape index (κ2) is 7.18. The van der Waals surface area contributed by atoms with Crippen molar-refractivity contribution in [2.75, 3.05) is 13.1 Å². The topological polar surface area (TPSA) is 60.9 Å². The molecule has 0 radical (unpaired) electrons. The number of carbonyl (C=O) groups excluding carboxylic acids is 1. The van der Waals surface area contributed by atoms with Crippen molar-refractivity contribution < 1.29 is 14.7 Å². The van der Waals surface area contributed by atoms with Gasteiger partial charge in [0.2, 0.25) is 5.91 Å². The van der Waals surface area contributed by atoms with E-state index in [0.717, 1.165) is 32.2 Å². The minimum Gasteiger partial charge on any atom is -0.480 e. The van der Waals surface area contributed by atoms with E-state index in [1.807, 2.05) is 4.90 Å². The predicted octanol–water partition coefficient (Wildman–Crippen LogP) is 2.14. The van der Waals surface area contributed by atoms with Crippen LogP contribution in [0.5, 0.6) is 0 Å². The first kappa shape index (κ1) is 17.5. The minimum atomic E-state index is -0.782. The van der Waals surface area contributed by atoms with Gasteiger partial charge in [-0.15, -0.1) is 12.4 Å². The molecule has 5 nitrogen and oxygen atoms in total. The van der Waals surface area contributed by atoms with Gasteiger partial charge >= 0.3 is 5.97 Å². The summed E-state index contributed by atoms with van der Waals surface area (Å²) in [6, 6.07) is 0.277. The largest absolute Gasteiger partial charge is 0.480 e. The van der Waals surface area contributed by atoms with Crippen LogP contribution >= 0.6 is 12.4 Å². The second-order valence-corrected chi connectivity index (χ2v) is 6.93. The molecule has 1 saturated heterocycles. The van der Waals surface area contributed by atoms with Crippen LogP contribution in [0.2, 0.25) is 0 Å². The van der Waals surface area contributed by atoms with Crippen LogP contribution < -0.4 is 0 Å². The van der Waals surface area contributed by atoms with Crippen LogP contribution in [0.4, 0.5) is 0 Å². The fourth-order valence-electron chi connectivity index (χ4n) is 3.64. The third-order valence-electron chi connectivity index (χ3n) is 5.21. The number of rotatable bonds is 6. The zero-order chi connectivity index (χ0) is 15.0. The molecule has 3 fully saturated rings. The van der Waals surface area contributed by atoms with Gasteiger partial charge in [0.25, 0.3) is 0 Å². The Bertz CT molecular complexity index is 424. The van der Waals surface area contributed by atoms with E-state index in [4.69, 9.17) is 0 Å². The highest BCUT2D eigenvalue weighted by Crippen LogP contribution is 2.39. The quantitative estimate of drug-likeness (QED) is 0.810. The smallest absolute Gasteiger partial charge is 0.320 e. The molecule has 1 amide bonds. The van der Waals surface area contributed by atoms with Gasteiger partial charge in [0.05, 0.1) is 6.54 Å². The molecule has 0 spiro atoms. The van der Waals surface area contributed by atoms with Gasteiger partial charge in [-0.1, -0.05) is 6.42 Å². The summed E-state index contributed by atoms with van der Waals surface area (Å²) in [5.74, 6) is 0.0342. The van der Waals surface area contributed by atoms with Crippen molar-refractivity contribution in [2.45, 2.75) is 70.0 Å². The van der Waals surface area contributed by atoms with Gasteiger partial charge < -0.3 is 10.0 Å². The number of carboxylic acid groups (broad SMARTS) is 1. The summed E-state index contributed by atoms with van der Waals surface area (Å²) >= 11 is 0. The van der Waals surface area contributed by atoms with E-state index in [-0.39, 0.29) is 24.9 Å². The molecule has 1 N–H and O–H groups in total. The molecule has 2 aliphatic carbocycles. The van der Waals surface area contributed by atoms with Crippen molar-refractivity contribution in [2.24, 2.45) is 5.92 Å². The Kier molecular flexibility index (Phi) is 5.72. The number of likely N-dealkylation sites (tertiary alicyclic amines) is 1. The molecular weight excluding hydrogens is 304 g/mol. The molecule has 0 bridgehead atoms. The maximum Gasteiger partial charge on any atom is 0.320 e. The Hall–Kier alpha value is -0.810. The minimum absolute atomic E-state index is 0. The van der Waals surface area contributed by atoms with E-state index in [1.54, 1.807) is 0 Å². The Morgan fingerprint density at radius 1 is 1.18 bits per heavy atom. The number of carbonyl (C=O) groups is 2. The molecule has 22 heavy (non-hydrogen) atoms. The molecule has 1 heterocycles. The molecular formula is C16H27ClN2O3. The molecule has 126 valence electrons. The normalized spacial score (nSPS) is 26.9. The van der Waals surface area contributed by atoms with Crippen LogP contribution in [-0.4, -0.2) is 58.0 Å². The first-order valence-electron chi connectivity index (χ1n) is 8.36. The highest BCUT2D eigenvalue weighted by molar-refractivity contribution is 5.85. The average molecular weight is 331 g/mol. The standard InChI is InChI=1S/C16H26N2O3.ClH/c1-11(12-5-6-12)18(13-7-8-13)15(19)10-17-9-3-2-4-14(17)16(20)21;/h11-14H,2-10H2,1H3,(H,20,21);1H. The lowest BCUT2D eigenvalue weighted by atomic mass is 10.0. The van der Waals surface area contributed by atoms with Crippen LogP contribution in [0.25, 0.3) is 0 Å². The number of piperidine rings is 1. The van der Waals surface area contributed by atoms with Gasteiger partial charge in [0.15, 0.2) is 0 Å². The number of carboxylic acids is 1. The molecule has 1 aliphatic heterocycles. The van der Waals surface area contributed by atoms with Gasteiger partial charge in [0.1, 0.15) is 6.04 Å². The van der Waals surface area contributed by atoms with Crippen LogP contribution in [0.15, 0.2) is 0 Å². The molecule has 2 atom stereocenters. The van der Waals surface area contributed by atoms with Crippen molar-refractivity contribution in [1.82, 2.24) is 9.80 Å². The van der Waals surface area contributed by atoms with Crippen molar-refractivity contribution in [3.8, 4) is 0 Å². The van der Waals surface area contributed by atoms with E-state index in [0.29, 0.717) is 24.4 Å². The number of hydrogen-bond acceptors (Lipinski definition) is 3. The Morgan fingerprint density at radius 3 is 2.41 bits per heavy atom. The molecule has 3 rings (SSSR count).